The smallest absolute Gasteiger partial charge is 0.352 e. The molecule has 1 aliphatic carbocycles. The number of carbonyl (C=O) groups is 2. The van der Waals surface area contributed by atoms with Gasteiger partial charge in [0.05, 0.1) is 10.4 Å². The Morgan fingerprint density at radius 3 is 2.68 bits per heavy atom. The molecule has 1 unspecified atom stereocenters. The highest BCUT2D eigenvalue weighted by molar-refractivity contribution is 7.14. The summed E-state index contributed by atoms with van der Waals surface area (Å²) in [5.41, 5.74) is 0.702. The Hall–Kier alpha value is -2.35. The van der Waals surface area contributed by atoms with Crippen LogP contribution < -0.4 is 5.32 Å². The van der Waals surface area contributed by atoms with Crippen LogP contribution in [0.3, 0.4) is 0 Å². The summed E-state index contributed by atoms with van der Waals surface area (Å²) in [6, 6.07) is 6.82. The van der Waals surface area contributed by atoms with Crippen molar-refractivity contribution in [2.75, 3.05) is 14.1 Å². The van der Waals surface area contributed by atoms with E-state index in [0.29, 0.717) is 23.3 Å². The molecule has 1 aromatic heterocycles. The van der Waals surface area contributed by atoms with Crippen LogP contribution in [0.5, 0.6) is 0 Å². The maximum absolute atomic E-state index is 12.8. The number of nitrogens with zero attached hydrogens (tertiary/aromatic N) is 1. The standard InChI is InChI=1S/C20H21F3N2O2S/c1-25(2)19(27)17-10-14-9-13(6-7-16(14)28-17)18(26)24-11-12-4-3-5-15(8-12)20(21,22)23/h3-5,8,10,13H,6-7,9,11H2,1-2H3,(H,24,26). The monoisotopic (exact) mass is 410 g/mol. The molecule has 1 heterocycles. The number of amides is 2. The van der Waals surface area contributed by atoms with E-state index in [2.05, 4.69) is 5.32 Å². The number of carbonyl (C=O) groups excluding carboxylic acids is 2. The van der Waals surface area contributed by atoms with Gasteiger partial charge in [0.1, 0.15) is 0 Å². The third-order valence-electron chi connectivity index (χ3n) is 4.79. The second-order valence-electron chi connectivity index (χ2n) is 7.11. The van der Waals surface area contributed by atoms with Crippen LogP contribution in [-0.4, -0.2) is 30.8 Å². The zero-order chi connectivity index (χ0) is 20.5. The summed E-state index contributed by atoms with van der Waals surface area (Å²) in [6.45, 7) is 0.0557. The largest absolute Gasteiger partial charge is 0.416 e. The van der Waals surface area contributed by atoms with E-state index in [1.807, 2.05) is 6.07 Å². The Morgan fingerprint density at radius 1 is 1.25 bits per heavy atom. The lowest BCUT2D eigenvalue weighted by atomic mass is 9.87. The molecule has 28 heavy (non-hydrogen) atoms. The van der Waals surface area contributed by atoms with Gasteiger partial charge in [-0.25, -0.2) is 0 Å². The van der Waals surface area contributed by atoms with Gasteiger partial charge in [-0.2, -0.15) is 13.2 Å². The maximum atomic E-state index is 12.8. The zero-order valence-corrected chi connectivity index (χ0v) is 16.4. The molecular weight excluding hydrogens is 389 g/mol. The molecule has 1 atom stereocenters. The van der Waals surface area contributed by atoms with Crippen LogP contribution in [0.15, 0.2) is 30.3 Å². The van der Waals surface area contributed by atoms with Gasteiger partial charge in [0.2, 0.25) is 5.91 Å². The van der Waals surface area contributed by atoms with Gasteiger partial charge in [0, 0.05) is 31.4 Å². The van der Waals surface area contributed by atoms with E-state index in [4.69, 9.17) is 0 Å². The third-order valence-corrected chi connectivity index (χ3v) is 6.02. The van der Waals surface area contributed by atoms with Gasteiger partial charge in [-0.15, -0.1) is 11.3 Å². The van der Waals surface area contributed by atoms with E-state index in [1.165, 1.54) is 22.3 Å². The van der Waals surface area contributed by atoms with E-state index >= 15 is 0 Å². The van der Waals surface area contributed by atoms with Gasteiger partial charge in [-0.3, -0.25) is 9.59 Å². The molecule has 4 nitrogen and oxygen atoms in total. The molecule has 0 aliphatic heterocycles. The molecule has 3 rings (SSSR count). The Bertz CT molecular complexity index is 890. The predicted octanol–water partition coefficient (Wildman–Crippen LogP) is 3.89. The van der Waals surface area contributed by atoms with Gasteiger partial charge >= 0.3 is 6.18 Å². The lowest BCUT2D eigenvalue weighted by Crippen LogP contribution is -2.33. The number of alkyl halides is 3. The first kappa shape index (κ1) is 20.4. The molecule has 1 aromatic carbocycles. The van der Waals surface area contributed by atoms with Gasteiger partial charge in [-0.1, -0.05) is 12.1 Å². The highest BCUT2D eigenvalue weighted by Gasteiger charge is 2.31. The fourth-order valence-electron chi connectivity index (χ4n) is 3.26. The van der Waals surface area contributed by atoms with Crippen molar-refractivity contribution in [3.05, 3.63) is 56.8 Å². The van der Waals surface area contributed by atoms with Crippen LogP contribution in [-0.2, 0) is 30.4 Å². The van der Waals surface area contributed by atoms with Gasteiger partial charge in [0.15, 0.2) is 0 Å². The highest BCUT2D eigenvalue weighted by atomic mass is 32.1. The summed E-state index contributed by atoms with van der Waals surface area (Å²) in [5.74, 6) is -0.463. The minimum Gasteiger partial charge on any atom is -0.352 e. The van der Waals surface area contributed by atoms with Crippen molar-refractivity contribution in [1.82, 2.24) is 10.2 Å². The van der Waals surface area contributed by atoms with Crippen molar-refractivity contribution in [2.24, 2.45) is 5.92 Å². The molecule has 8 heteroatoms. The average Bonchev–Trinajstić information content (AvgIpc) is 3.08. The van der Waals surface area contributed by atoms with Crippen LogP contribution in [0, 0.1) is 5.92 Å². The number of rotatable bonds is 4. The van der Waals surface area contributed by atoms with Gasteiger partial charge in [-0.05, 0) is 48.6 Å². The molecule has 1 N–H and O–H groups in total. The average molecular weight is 410 g/mol. The number of thiophene rings is 1. The minimum absolute atomic E-state index is 0.0510. The van der Waals surface area contributed by atoms with Crippen molar-refractivity contribution in [3.63, 3.8) is 0 Å². The Labute approximate surface area is 165 Å². The van der Waals surface area contributed by atoms with Crippen molar-refractivity contribution >= 4 is 23.2 Å². The fourth-order valence-corrected chi connectivity index (χ4v) is 4.49. The van der Waals surface area contributed by atoms with Crippen molar-refractivity contribution in [3.8, 4) is 0 Å². The van der Waals surface area contributed by atoms with Crippen molar-refractivity contribution in [2.45, 2.75) is 32.0 Å². The van der Waals surface area contributed by atoms with E-state index in [1.54, 1.807) is 20.2 Å². The number of fused-ring (bicyclic) bond motifs is 1. The molecule has 0 fully saturated rings. The molecule has 0 saturated carbocycles. The maximum Gasteiger partial charge on any atom is 0.416 e. The number of halogens is 3. The molecule has 0 saturated heterocycles. The van der Waals surface area contributed by atoms with E-state index in [-0.39, 0.29) is 24.3 Å². The molecule has 2 aromatic rings. The Balaban J connectivity index is 1.62. The SMILES string of the molecule is CN(C)C(=O)c1cc2c(s1)CCC(C(=O)NCc1cccc(C(F)(F)F)c1)C2. The minimum atomic E-state index is -4.40. The second kappa shape index (κ2) is 7.95. The van der Waals surface area contributed by atoms with E-state index < -0.39 is 11.7 Å². The summed E-state index contributed by atoms with van der Waals surface area (Å²) < 4.78 is 38.4. The quantitative estimate of drug-likeness (QED) is 0.832. The van der Waals surface area contributed by atoms with E-state index in [9.17, 15) is 22.8 Å². The summed E-state index contributed by atoms with van der Waals surface area (Å²) in [4.78, 5) is 27.9. The number of aryl methyl sites for hydroxylation is 1. The normalized spacial score (nSPS) is 16.4. The molecule has 2 amide bonds. The topological polar surface area (TPSA) is 49.4 Å². The molecule has 150 valence electrons. The van der Waals surface area contributed by atoms with Crippen molar-refractivity contribution < 1.29 is 22.8 Å². The van der Waals surface area contributed by atoms with Crippen LogP contribution in [0.25, 0.3) is 0 Å². The number of hydrogen-bond donors (Lipinski definition) is 1. The molecule has 1 aliphatic rings. The van der Waals surface area contributed by atoms with Crippen LogP contribution in [0.4, 0.5) is 13.2 Å². The third kappa shape index (κ3) is 4.55. The highest BCUT2D eigenvalue weighted by Crippen LogP contribution is 2.33. The lowest BCUT2D eigenvalue weighted by Gasteiger charge is -2.21. The molecule has 0 spiro atoms. The van der Waals surface area contributed by atoms with Gasteiger partial charge < -0.3 is 10.2 Å². The van der Waals surface area contributed by atoms with Gasteiger partial charge in [0.25, 0.3) is 5.91 Å². The predicted molar refractivity (Wildman–Crippen MR) is 101 cm³/mol. The Morgan fingerprint density at radius 2 is 2.00 bits per heavy atom. The molecule has 0 bridgehead atoms. The summed E-state index contributed by atoms with van der Waals surface area (Å²) in [5, 5.41) is 2.75. The summed E-state index contributed by atoms with van der Waals surface area (Å²) in [7, 11) is 3.40. The lowest BCUT2D eigenvalue weighted by molar-refractivity contribution is -0.137. The first-order valence-electron chi connectivity index (χ1n) is 8.92. The van der Waals surface area contributed by atoms with Crippen LogP contribution in [0.2, 0.25) is 0 Å². The molecule has 0 radical (unpaired) electrons. The first-order chi connectivity index (χ1) is 13.1. The number of nitrogens with one attached hydrogen (secondary N) is 1. The summed E-state index contributed by atoms with van der Waals surface area (Å²) in [6.07, 6.45) is -2.47. The number of hydrogen-bond acceptors (Lipinski definition) is 3. The summed E-state index contributed by atoms with van der Waals surface area (Å²) >= 11 is 1.47. The van der Waals surface area contributed by atoms with Crippen LogP contribution >= 0.6 is 11.3 Å². The van der Waals surface area contributed by atoms with Crippen molar-refractivity contribution in [1.29, 1.82) is 0 Å². The fraction of sp³-hybridized carbons (Fsp3) is 0.400. The molecular formula is C20H21F3N2O2S. The zero-order valence-electron chi connectivity index (χ0n) is 15.6. The van der Waals surface area contributed by atoms with Crippen LogP contribution in [0.1, 0.15) is 37.7 Å². The first-order valence-corrected chi connectivity index (χ1v) is 9.74. The number of benzene rings is 1. The second-order valence-corrected chi connectivity index (χ2v) is 8.25. The Kier molecular flexibility index (Phi) is 5.79. The van der Waals surface area contributed by atoms with E-state index in [0.717, 1.165) is 29.0 Å².